The zero-order chi connectivity index (χ0) is 36.6. The molecular weight excluding hydrogens is 673 g/mol. The van der Waals surface area contributed by atoms with Crippen LogP contribution in [0.3, 0.4) is 0 Å². The van der Waals surface area contributed by atoms with Gasteiger partial charge in [0.15, 0.2) is 0 Å². The van der Waals surface area contributed by atoms with Crippen LogP contribution in [0.4, 0.5) is 0 Å². The van der Waals surface area contributed by atoms with Gasteiger partial charge in [-0.25, -0.2) is 0 Å². The number of hydrogen-bond donors (Lipinski definition) is 0. The van der Waals surface area contributed by atoms with Crippen molar-refractivity contribution in [3.05, 3.63) is 181 Å². The predicted molar refractivity (Wildman–Crippen MR) is 222 cm³/mol. The number of rotatable bonds is 4. The van der Waals surface area contributed by atoms with Crippen molar-refractivity contribution < 1.29 is 0 Å². The maximum absolute atomic E-state index is 10.3. The second-order valence-electron chi connectivity index (χ2n) is 13.9. The number of aromatic nitrogens is 4. The molecule has 11 rings (SSSR count). The highest BCUT2D eigenvalue weighted by Crippen LogP contribution is 2.42. The first kappa shape index (κ1) is 30.7. The summed E-state index contributed by atoms with van der Waals surface area (Å²) >= 11 is 0. The number of pyridine rings is 1. The Morgan fingerprint density at radius 2 is 1.07 bits per heavy atom. The topological polar surface area (TPSA) is 75.3 Å². The van der Waals surface area contributed by atoms with E-state index in [2.05, 4.69) is 146 Å². The molecule has 0 atom stereocenters. The van der Waals surface area contributed by atoms with Crippen molar-refractivity contribution >= 4 is 65.4 Å². The van der Waals surface area contributed by atoms with Crippen LogP contribution in [0.2, 0.25) is 0 Å². The standard InChI is InChI=1S/C49H28N6/c50-28-31-17-19-45-42(25-31)39-14-5-6-15-43(39)54(45)37-24-32(29-51)23-34(27-37)33-9-8-12-36(26-33)53-46-20-18-40-38-13-4-7-16-44(38)55(35-10-2-1-3-11-35)49(40)48(46)41-21-22-52-30-47(41)53/h1-27,30H. The fourth-order valence-corrected chi connectivity index (χ4v) is 8.64. The highest BCUT2D eigenvalue weighted by Gasteiger charge is 2.21. The summed E-state index contributed by atoms with van der Waals surface area (Å²) in [5.41, 5.74) is 12.5. The van der Waals surface area contributed by atoms with Gasteiger partial charge in [-0.05, 0) is 96.1 Å². The molecule has 0 spiro atoms. The third-order valence-corrected chi connectivity index (χ3v) is 10.9. The van der Waals surface area contributed by atoms with E-state index in [1.807, 2.05) is 54.9 Å². The molecule has 254 valence electrons. The lowest BCUT2D eigenvalue weighted by Gasteiger charge is -2.13. The summed E-state index contributed by atoms with van der Waals surface area (Å²) < 4.78 is 6.89. The quantitative estimate of drug-likeness (QED) is 0.183. The highest BCUT2D eigenvalue weighted by atomic mass is 15.0. The Morgan fingerprint density at radius 1 is 0.400 bits per heavy atom. The molecule has 7 aromatic carbocycles. The Kier molecular flexibility index (Phi) is 6.58. The third kappa shape index (κ3) is 4.50. The van der Waals surface area contributed by atoms with Crippen LogP contribution in [0.25, 0.3) is 93.6 Å². The molecule has 0 fully saturated rings. The minimum absolute atomic E-state index is 0.565. The van der Waals surface area contributed by atoms with Crippen LogP contribution in [0.1, 0.15) is 11.1 Å². The van der Waals surface area contributed by atoms with Gasteiger partial charge in [-0.3, -0.25) is 4.98 Å². The van der Waals surface area contributed by atoms with E-state index in [0.29, 0.717) is 11.1 Å². The zero-order valence-electron chi connectivity index (χ0n) is 29.3. The fourth-order valence-electron chi connectivity index (χ4n) is 8.64. The number of benzene rings is 7. The maximum Gasteiger partial charge on any atom is 0.0992 e. The lowest BCUT2D eigenvalue weighted by atomic mass is 10.0. The molecule has 0 amide bonds. The Hall–Kier alpha value is -7.93. The Balaban J connectivity index is 1.15. The number of hydrogen-bond acceptors (Lipinski definition) is 3. The highest BCUT2D eigenvalue weighted by molar-refractivity contribution is 6.26. The monoisotopic (exact) mass is 700 g/mol. The van der Waals surface area contributed by atoms with Crippen LogP contribution in [-0.2, 0) is 0 Å². The lowest BCUT2D eigenvalue weighted by molar-refractivity contribution is 1.16. The average molecular weight is 701 g/mol. The minimum atomic E-state index is 0.565. The minimum Gasteiger partial charge on any atom is -0.309 e. The smallest absolute Gasteiger partial charge is 0.0992 e. The second kappa shape index (κ2) is 11.8. The largest absolute Gasteiger partial charge is 0.309 e. The van der Waals surface area contributed by atoms with Gasteiger partial charge >= 0.3 is 0 Å². The first-order chi connectivity index (χ1) is 27.2. The normalized spacial score (nSPS) is 11.6. The third-order valence-electron chi connectivity index (χ3n) is 10.9. The molecule has 6 heteroatoms. The van der Waals surface area contributed by atoms with Crippen molar-refractivity contribution in [2.45, 2.75) is 0 Å². The summed E-state index contributed by atoms with van der Waals surface area (Å²) in [5, 5.41) is 26.7. The van der Waals surface area contributed by atoms with Crippen LogP contribution in [-0.4, -0.2) is 18.7 Å². The molecule has 0 bridgehead atoms. The van der Waals surface area contributed by atoms with Gasteiger partial charge < -0.3 is 13.7 Å². The van der Waals surface area contributed by atoms with E-state index in [9.17, 15) is 10.5 Å². The summed E-state index contributed by atoms with van der Waals surface area (Å²) in [6.07, 6.45) is 3.83. The predicted octanol–water partition coefficient (Wildman–Crippen LogP) is 11.8. The van der Waals surface area contributed by atoms with Gasteiger partial charge in [0.25, 0.3) is 0 Å². The molecule has 0 N–H and O–H groups in total. The van der Waals surface area contributed by atoms with E-state index in [1.54, 1.807) is 0 Å². The molecule has 0 aliphatic rings. The van der Waals surface area contributed by atoms with Crippen molar-refractivity contribution in [3.63, 3.8) is 0 Å². The molecule has 0 saturated heterocycles. The van der Waals surface area contributed by atoms with Gasteiger partial charge in [-0.15, -0.1) is 0 Å². The Labute approximate surface area is 315 Å². The fraction of sp³-hybridized carbons (Fsp3) is 0. The van der Waals surface area contributed by atoms with Crippen LogP contribution in [0, 0.1) is 22.7 Å². The number of fused-ring (bicyclic) bond motifs is 10. The molecule has 0 radical (unpaired) electrons. The van der Waals surface area contributed by atoms with E-state index >= 15 is 0 Å². The molecule has 0 aliphatic heterocycles. The lowest BCUT2D eigenvalue weighted by Crippen LogP contribution is -1.97. The molecule has 0 saturated carbocycles. The van der Waals surface area contributed by atoms with Gasteiger partial charge in [0.05, 0.1) is 62.6 Å². The summed E-state index contributed by atoms with van der Waals surface area (Å²) in [7, 11) is 0. The molecule has 0 unspecified atom stereocenters. The Bertz CT molecular complexity index is 3460. The number of para-hydroxylation sites is 3. The first-order valence-corrected chi connectivity index (χ1v) is 18.2. The number of nitriles is 2. The van der Waals surface area contributed by atoms with Gasteiger partial charge in [0.1, 0.15) is 0 Å². The van der Waals surface area contributed by atoms with Crippen LogP contribution < -0.4 is 0 Å². The van der Waals surface area contributed by atoms with Crippen molar-refractivity contribution in [2.75, 3.05) is 0 Å². The molecule has 11 aromatic rings. The van der Waals surface area contributed by atoms with E-state index in [4.69, 9.17) is 0 Å². The summed E-state index contributed by atoms with van der Waals surface area (Å²) in [6, 6.07) is 59.1. The SMILES string of the molecule is N#Cc1cc(-c2cccc(-n3c4cnccc4c4c3ccc3c5ccccc5n(-c5ccccc5)c34)c2)cc(-n2c3ccccc3c3cc(C#N)ccc32)c1. The first-order valence-electron chi connectivity index (χ1n) is 18.2. The van der Waals surface area contributed by atoms with Crippen LogP contribution in [0.15, 0.2) is 170 Å². The zero-order valence-corrected chi connectivity index (χ0v) is 29.3. The van der Waals surface area contributed by atoms with Crippen molar-refractivity contribution in [1.82, 2.24) is 18.7 Å². The number of nitrogens with zero attached hydrogens (tertiary/aromatic N) is 6. The molecule has 0 aliphatic carbocycles. The average Bonchev–Trinajstić information content (AvgIpc) is 3.89. The molecule has 6 nitrogen and oxygen atoms in total. The molecular formula is C49H28N6. The van der Waals surface area contributed by atoms with Gasteiger partial charge in [-0.1, -0.05) is 72.8 Å². The van der Waals surface area contributed by atoms with Gasteiger partial charge in [-0.2, -0.15) is 10.5 Å². The Morgan fingerprint density at radius 3 is 1.89 bits per heavy atom. The van der Waals surface area contributed by atoms with Crippen molar-refractivity contribution in [2.24, 2.45) is 0 Å². The van der Waals surface area contributed by atoms with Crippen LogP contribution >= 0.6 is 0 Å². The van der Waals surface area contributed by atoms with Crippen molar-refractivity contribution in [3.8, 4) is 40.3 Å². The van der Waals surface area contributed by atoms with Crippen molar-refractivity contribution in [1.29, 1.82) is 10.5 Å². The second-order valence-corrected chi connectivity index (χ2v) is 13.9. The van der Waals surface area contributed by atoms with E-state index in [0.717, 1.165) is 77.4 Å². The summed E-state index contributed by atoms with van der Waals surface area (Å²) in [4.78, 5) is 4.62. The van der Waals surface area contributed by atoms with Gasteiger partial charge in [0, 0.05) is 55.6 Å². The van der Waals surface area contributed by atoms with E-state index in [1.165, 1.54) is 16.2 Å². The van der Waals surface area contributed by atoms with Gasteiger partial charge in [0.2, 0.25) is 0 Å². The maximum atomic E-state index is 10.3. The van der Waals surface area contributed by atoms with E-state index < -0.39 is 0 Å². The summed E-state index contributed by atoms with van der Waals surface area (Å²) in [5.74, 6) is 0. The molecule has 4 heterocycles. The summed E-state index contributed by atoms with van der Waals surface area (Å²) in [6.45, 7) is 0. The van der Waals surface area contributed by atoms with Crippen LogP contribution in [0.5, 0.6) is 0 Å². The molecule has 4 aromatic heterocycles. The molecule has 55 heavy (non-hydrogen) atoms. The van der Waals surface area contributed by atoms with E-state index in [-0.39, 0.29) is 0 Å².